The number of anilines is 1. The van der Waals surface area contributed by atoms with Crippen molar-refractivity contribution in [1.29, 1.82) is 0 Å². The lowest BCUT2D eigenvalue weighted by atomic mass is 9.88. The zero-order chi connectivity index (χ0) is 27.6. The summed E-state index contributed by atoms with van der Waals surface area (Å²) in [7, 11) is 0. The molecule has 4 heterocycles. The van der Waals surface area contributed by atoms with Gasteiger partial charge in [0.2, 0.25) is 5.91 Å². The van der Waals surface area contributed by atoms with Crippen LogP contribution in [0.2, 0.25) is 0 Å². The van der Waals surface area contributed by atoms with Crippen LogP contribution in [-0.2, 0) is 9.59 Å². The van der Waals surface area contributed by atoms with Gasteiger partial charge in [0.15, 0.2) is 5.94 Å². The molecule has 0 radical (unpaired) electrons. The van der Waals surface area contributed by atoms with Crippen LogP contribution in [0.4, 0.5) is 5.69 Å². The minimum atomic E-state index is -0.131. The molecule has 3 aromatic rings. The second kappa shape index (κ2) is 11.6. The summed E-state index contributed by atoms with van der Waals surface area (Å²) in [4.78, 5) is 30.9. The highest BCUT2D eigenvalue weighted by Crippen LogP contribution is 2.33. The van der Waals surface area contributed by atoms with Crippen LogP contribution >= 0.6 is 0 Å². The summed E-state index contributed by atoms with van der Waals surface area (Å²) < 4.78 is 0. The Kier molecular flexibility index (Phi) is 7.76. The van der Waals surface area contributed by atoms with Crippen LogP contribution in [0.25, 0.3) is 17.0 Å². The van der Waals surface area contributed by atoms with E-state index in [-0.39, 0.29) is 35.9 Å². The fourth-order valence-corrected chi connectivity index (χ4v) is 6.97. The molecule has 5 unspecified atom stereocenters. The summed E-state index contributed by atoms with van der Waals surface area (Å²) in [6.07, 6.45) is 5.63. The Morgan fingerprint density at radius 2 is 1.93 bits per heavy atom. The van der Waals surface area contributed by atoms with E-state index in [4.69, 9.17) is 0 Å². The van der Waals surface area contributed by atoms with Crippen molar-refractivity contribution in [3.8, 4) is 0 Å². The second-order valence-electron chi connectivity index (χ2n) is 11.6. The summed E-state index contributed by atoms with van der Waals surface area (Å²) in [5, 5.41) is 11.4. The molecule has 8 nitrogen and oxygen atoms in total. The molecule has 2 aromatic carbocycles. The molecule has 3 saturated heterocycles. The van der Waals surface area contributed by atoms with Crippen molar-refractivity contribution in [2.24, 2.45) is 11.8 Å². The van der Waals surface area contributed by atoms with E-state index in [0.29, 0.717) is 11.9 Å². The number of H-pyrrole nitrogens is 1. The number of carbonyl (C=O) groups excluding carboxylic acids is 2. The van der Waals surface area contributed by atoms with Crippen molar-refractivity contribution in [1.82, 2.24) is 25.9 Å². The van der Waals surface area contributed by atoms with Crippen molar-refractivity contribution in [3.05, 3.63) is 64.7 Å². The molecule has 40 heavy (non-hydrogen) atoms. The van der Waals surface area contributed by atoms with Gasteiger partial charge in [-0.05, 0) is 75.0 Å². The van der Waals surface area contributed by atoms with Crippen LogP contribution in [0.5, 0.6) is 0 Å². The van der Waals surface area contributed by atoms with E-state index in [0.717, 1.165) is 54.4 Å². The maximum Gasteiger partial charge on any atom is 0.225 e. The summed E-state index contributed by atoms with van der Waals surface area (Å²) in [5.41, 5.74) is 6.77. The molecule has 0 aliphatic carbocycles. The minimum absolute atomic E-state index is 0.0342. The lowest BCUT2D eigenvalue weighted by Gasteiger charge is -2.26. The van der Waals surface area contributed by atoms with E-state index in [1.807, 2.05) is 6.07 Å². The molecule has 3 aliphatic heterocycles. The number of hydrazine groups is 1. The van der Waals surface area contributed by atoms with Gasteiger partial charge in [-0.1, -0.05) is 37.3 Å². The van der Waals surface area contributed by atoms with Gasteiger partial charge in [0.25, 0.3) is 0 Å². The summed E-state index contributed by atoms with van der Waals surface area (Å²) in [6.45, 7) is 8.99. The van der Waals surface area contributed by atoms with Gasteiger partial charge >= 0.3 is 0 Å². The molecular weight excluding hydrogens is 500 g/mol. The number of carbonyl (C=O) groups is 1. The SMILES string of the molecule is CC1NC(/C=c2\c(=C=O)[nH]c3ccc(C4CCNN4c4ccccc4)cc23)C(C)C1C(=O)NCCN1CCCC1. The van der Waals surface area contributed by atoms with E-state index in [2.05, 4.69) is 99.3 Å². The highest BCUT2D eigenvalue weighted by Gasteiger charge is 2.41. The lowest BCUT2D eigenvalue weighted by Crippen LogP contribution is -2.41. The largest absolute Gasteiger partial charge is 0.355 e. The summed E-state index contributed by atoms with van der Waals surface area (Å²) in [5.74, 6) is 2.19. The van der Waals surface area contributed by atoms with Gasteiger partial charge in [0.05, 0.1) is 17.6 Å². The molecule has 0 bridgehead atoms. The second-order valence-corrected chi connectivity index (χ2v) is 11.6. The first kappa shape index (κ1) is 26.8. The molecule has 1 aromatic heterocycles. The zero-order valence-corrected chi connectivity index (χ0v) is 23.5. The van der Waals surface area contributed by atoms with E-state index < -0.39 is 0 Å². The molecular formula is C32H40N6O2. The van der Waals surface area contributed by atoms with Gasteiger partial charge in [-0.15, -0.1) is 0 Å². The maximum atomic E-state index is 13.2. The normalized spacial score (nSPS) is 27.5. The first-order chi connectivity index (χ1) is 19.5. The molecule has 5 atom stereocenters. The highest BCUT2D eigenvalue weighted by molar-refractivity contribution is 5.84. The van der Waals surface area contributed by atoms with E-state index in [1.54, 1.807) is 0 Å². The molecule has 210 valence electrons. The Bertz CT molecular complexity index is 1490. The Morgan fingerprint density at radius 3 is 2.70 bits per heavy atom. The van der Waals surface area contributed by atoms with Gasteiger partial charge in [0.1, 0.15) is 5.35 Å². The Labute approximate surface area is 235 Å². The van der Waals surface area contributed by atoms with Crippen molar-refractivity contribution in [2.75, 3.05) is 37.7 Å². The third-order valence-electron chi connectivity index (χ3n) is 9.10. The highest BCUT2D eigenvalue weighted by atomic mass is 16.2. The Morgan fingerprint density at radius 1 is 1.12 bits per heavy atom. The molecule has 6 rings (SSSR count). The molecule has 0 saturated carbocycles. The van der Waals surface area contributed by atoms with Crippen molar-refractivity contribution >= 4 is 34.5 Å². The number of nitrogens with zero attached hydrogens (tertiary/aromatic N) is 2. The molecule has 3 fully saturated rings. The van der Waals surface area contributed by atoms with E-state index >= 15 is 0 Å². The first-order valence-corrected chi connectivity index (χ1v) is 14.8. The number of rotatable bonds is 7. The third kappa shape index (κ3) is 5.20. The first-order valence-electron chi connectivity index (χ1n) is 14.8. The molecule has 8 heteroatoms. The van der Waals surface area contributed by atoms with E-state index in [9.17, 15) is 9.59 Å². The summed E-state index contributed by atoms with van der Waals surface area (Å²) >= 11 is 0. The zero-order valence-electron chi connectivity index (χ0n) is 23.5. The lowest BCUT2D eigenvalue weighted by molar-refractivity contribution is -0.126. The number of hydrogen-bond acceptors (Lipinski definition) is 6. The number of likely N-dealkylation sites (tertiary alicyclic amines) is 1. The van der Waals surface area contributed by atoms with Gasteiger partial charge < -0.3 is 25.5 Å². The molecule has 0 spiro atoms. The quantitative estimate of drug-likeness (QED) is 0.365. The van der Waals surface area contributed by atoms with Crippen LogP contribution in [0, 0.1) is 11.8 Å². The fourth-order valence-electron chi connectivity index (χ4n) is 6.97. The Balaban J connectivity index is 1.26. The van der Waals surface area contributed by atoms with Crippen LogP contribution in [-0.4, -0.2) is 66.5 Å². The molecule has 3 aliphatic rings. The maximum absolute atomic E-state index is 13.2. The number of aromatic nitrogens is 1. The number of hydrogen-bond donors (Lipinski definition) is 4. The number of aromatic amines is 1. The topological polar surface area (TPSA) is 92.5 Å². The minimum Gasteiger partial charge on any atom is -0.355 e. The van der Waals surface area contributed by atoms with Crippen LogP contribution in [0.15, 0.2) is 48.5 Å². The van der Waals surface area contributed by atoms with Crippen molar-refractivity contribution < 1.29 is 9.59 Å². The van der Waals surface area contributed by atoms with Crippen LogP contribution in [0.1, 0.15) is 44.7 Å². The molecule has 4 N–H and O–H groups in total. The van der Waals surface area contributed by atoms with Crippen LogP contribution < -0.4 is 31.6 Å². The van der Waals surface area contributed by atoms with Gasteiger partial charge in [0, 0.05) is 47.8 Å². The van der Waals surface area contributed by atoms with Crippen molar-refractivity contribution in [3.63, 3.8) is 0 Å². The number of nitrogens with one attached hydrogen (secondary N) is 4. The monoisotopic (exact) mass is 540 g/mol. The number of benzene rings is 2. The van der Waals surface area contributed by atoms with Gasteiger partial charge in [-0.3, -0.25) is 4.79 Å². The number of amides is 1. The average Bonchev–Trinajstić information content (AvgIpc) is 3.76. The van der Waals surface area contributed by atoms with Gasteiger partial charge in [-0.25, -0.2) is 10.2 Å². The van der Waals surface area contributed by atoms with Crippen molar-refractivity contribution in [2.45, 2.75) is 51.2 Å². The summed E-state index contributed by atoms with van der Waals surface area (Å²) in [6, 6.07) is 17.0. The average molecular weight is 541 g/mol. The predicted octanol–water partition coefficient (Wildman–Crippen LogP) is 1.73. The van der Waals surface area contributed by atoms with Gasteiger partial charge in [-0.2, -0.15) is 0 Å². The third-order valence-corrected chi connectivity index (χ3v) is 9.10. The smallest absolute Gasteiger partial charge is 0.225 e. The fraction of sp³-hybridized carbons (Fsp3) is 0.469. The van der Waals surface area contributed by atoms with Crippen LogP contribution in [0.3, 0.4) is 0 Å². The predicted molar refractivity (Wildman–Crippen MR) is 159 cm³/mol. The standard InChI is InChI=1S/C32H40N6O2/c1-21-28(35-22(2)31(21)32(40)33-14-17-37-15-6-7-16-37)19-26-25-18-23(10-11-27(25)36-29(26)20-39)30-12-13-34-38(30)24-8-4-3-5-9-24/h3-5,8-11,18-19,21-22,28,30-31,34-36H,6-7,12-17H2,1-2H3,(H,33,40)/b26-19-. The van der Waals surface area contributed by atoms with E-state index in [1.165, 1.54) is 18.4 Å². The number of para-hydroxylation sites is 1. The molecule has 1 amide bonds. The Hall–Kier alpha value is -3.42. The number of fused-ring (bicyclic) bond motifs is 1.